The van der Waals surface area contributed by atoms with Crippen LogP contribution in [-0.2, 0) is 27.9 Å². The molecule has 0 spiro atoms. The van der Waals surface area contributed by atoms with Gasteiger partial charge in [0.05, 0.1) is 24.2 Å². The van der Waals surface area contributed by atoms with Gasteiger partial charge in [0.25, 0.3) is 0 Å². The third-order valence-corrected chi connectivity index (χ3v) is 6.69. The van der Waals surface area contributed by atoms with Crippen molar-refractivity contribution < 1.29 is 17.6 Å². The molecule has 32 heavy (non-hydrogen) atoms. The lowest BCUT2D eigenvalue weighted by molar-refractivity contribution is -0.113. The Morgan fingerprint density at radius 2 is 1.94 bits per heavy atom. The van der Waals surface area contributed by atoms with Gasteiger partial charge in [0.2, 0.25) is 15.9 Å². The summed E-state index contributed by atoms with van der Waals surface area (Å²) in [6.45, 7) is 2.26. The molecule has 3 rings (SSSR count). The number of benzene rings is 2. The van der Waals surface area contributed by atoms with Gasteiger partial charge in [-0.25, -0.2) is 12.8 Å². The molecule has 170 valence electrons. The predicted octanol–water partition coefficient (Wildman–Crippen LogP) is 3.79. The zero-order valence-electron chi connectivity index (χ0n) is 17.3. The molecular formula is C20H21ClFN5O3S2. The Morgan fingerprint density at radius 3 is 2.56 bits per heavy atom. The van der Waals surface area contributed by atoms with Crippen LogP contribution in [0.4, 0.5) is 15.8 Å². The Kier molecular flexibility index (Phi) is 7.75. The van der Waals surface area contributed by atoms with Crippen LogP contribution in [0.15, 0.2) is 53.7 Å². The Bertz CT molecular complexity index is 1200. The molecule has 0 radical (unpaired) electrons. The minimum atomic E-state index is -3.66. The van der Waals surface area contributed by atoms with Gasteiger partial charge >= 0.3 is 0 Å². The van der Waals surface area contributed by atoms with E-state index in [0.717, 1.165) is 10.6 Å². The van der Waals surface area contributed by atoms with E-state index in [4.69, 9.17) is 11.6 Å². The van der Waals surface area contributed by atoms with Crippen LogP contribution >= 0.6 is 23.4 Å². The van der Waals surface area contributed by atoms with Crippen LogP contribution in [0.5, 0.6) is 0 Å². The van der Waals surface area contributed by atoms with Crippen LogP contribution < -0.4 is 9.62 Å². The van der Waals surface area contributed by atoms with Crippen molar-refractivity contribution in [2.24, 2.45) is 0 Å². The molecule has 1 N–H and O–H groups in total. The van der Waals surface area contributed by atoms with Crippen LogP contribution in [0, 0.1) is 5.82 Å². The summed E-state index contributed by atoms with van der Waals surface area (Å²) in [5.41, 5.74) is 0.901. The van der Waals surface area contributed by atoms with Crippen LogP contribution in [0.3, 0.4) is 0 Å². The molecule has 1 amide bonds. The van der Waals surface area contributed by atoms with Gasteiger partial charge < -0.3 is 9.88 Å². The van der Waals surface area contributed by atoms with E-state index >= 15 is 0 Å². The average Bonchev–Trinajstić information content (AvgIpc) is 3.12. The molecule has 0 aliphatic rings. The number of sulfonamides is 1. The summed E-state index contributed by atoms with van der Waals surface area (Å²) >= 11 is 7.11. The molecule has 0 atom stereocenters. The number of hydrogen-bond acceptors (Lipinski definition) is 6. The summed E-state index contributed by atoms with van der Waals surface area (Å²) < 4.78 is 40.8. The van der Waals surface area contributed by atoms with Crippen LogP contribution in [0.2, 0.25) is 5.02 Å². The highest BCUT2D eigenvalue weighted by Gasteiger charge is 2.22. The number of thioether (sulfide) groups is 1. The Labute approximate surface area is 194 Å². The molecule has 0 bridgehead atoms. The lowest BCUT2D eigenvalue weighted by Gasteiger charge is -2.22. The molecular weight excluding hydrogens is 477 g/mol. The molecule has 3 aromatic rings. The minimum absolute atomic E-state index is 0.0817. The van der Waals surface area contributed by atoms with E-state index in [1.54, 1.807) is 28.8 Å². The number of anilines is 2. The Morgan fingerprint density at radius 1 is 1.22 bits per heavy atom. The number of nitrogens with one attached hydrogen (secondary N) is 1. The van der Waals surface area contributed by atoms with E-state index in [0.29, 0.717) is 33.9 Å². The first-order chi connectivity index (χ1) is 15.2. The van der Waals surface area contributed by atoms with Gasteiger partial charge in [-0.3, -0.25) is 9.10 Å². The number of hydrogen-bond donors (Lipinski definition) is 1. The fourth-order valence-corrected chi connectivity index (χ4v) is 4.76. The Balaban J connectivity index is 1.73. The fourth-order valence-electron chi connectivity index (χ4n) is 2.89. The van der Waals surface area contributed by atoms with E-state index in [2.05, 4.69) is 15.5 Å². The normalized spacial score (nSPS) is 11.4. The Hall–Kier alpha value is -2.63. The molecule has 0 aliphatic carbocycles. The zero-order valence-corrected chi connectivity index (χ0v) is 19.7. The third-order valence-electron chi connectivity index (χ3n) is 4.35. The van der Waals surface area contributed by atoms with Crippen molar-refractivity contribution in [2.45, 2.75) is 25.2 Å². The molecule has 0 saturated heterocycles. The summed E-state index contributed by atoms with van der Waals surface area (Å²) in [4.78, 5) is 12.3. The first kappa shape index (κ1) is 24.0. The van der Waals surface area contributed by atoms with Crippen molar-refractivity contribution in [2.75, 3.05) is 21.6 Å². The molecule has 0 saturated carbocycles. The molecule has 0 fully saturated rings. The van der Waals surface area contributed by atoms with Crippen molar-refractivity contribution in [3.63, 3.8) is 0 Å². The van der Waals surface area contributed by atoms with Crippen molar-refractivity contribution >= 4 is 50.7 Å². The summed E-state index contributed by atoms with van der Waals surface area (Å²) in [6.07, 6.45) is 1.07. The van der Waals surface area contributed by atoms with Crippen LogP contribution in [-0.4, -0.2) is 41.1 Å². The quantitative estimate of drug-likeness (QED) is 0.452. The zero-order chi connectivity index (χ0) is 23.3. The van der Waals surface area contributed by atoms with Gasteiger partial charge in [0, 0.05) is 17.3 Å². The fraction of sp³-hybridized carbons (Fsp3) is 0.250. The highest BCUT2D eigenvalue weighted by molar-refractivity contribution is 7.99. The van der Waals surface area contributed by atoms with E-state index in [1.165, 1.54) is 36.0 Å². The molecule has 1 aromatic heterocycles. The van der Waals surface area contributed by atoms with Gasteiger partial charge in [-0.15, -0.1) is 10.2 Å². The number of carbonyl (C=O) groups excluding carboxylic acids is 1. The van der Waals surface area contributed by atoms with Gasteiger partial charge in [-0.05, 0) is 49.4 Å². The topological polar surface area (TPSA) is 97.2 Å². The number of rotatable bonds is 9. The SMILES string of the molecule is CCn1c(CN(c2ccc(F)cc2)S(C)(=O)=O)nnc1SCC(=O)Nc1cccc(Cl)c1. The largest absolute Gasteiger partial charge is 0.325 e. The van der Waals surface area contributed by atoms with E-state index < -0.39 is 15.8 Å². The number of amides is 1. The van der Waals surface area contributed by atoms with Gasteiger partial charge in [0.15, 0.2) is 11.0 Å². The molecule has 1 heterocycles. The van der Waals surface area contributed by atoms with Crippen molar-refractivity contribution in [3.8, 4) is 0 Å². The maximum absolute atomic E-state index is 13.3. The highest BCUT2D eigenvalue weighted by Crippen LogP contribution is 2.23. The molecule has 0 unspecified atom stereocenters. The van der Waals surface area contributed by atoms with Crippen LogP contribution in [0.1, 0.15) is 12.7 Å². The smallest absolute Gasteiger partial charge is 0.234 e. The molecule has 2 aromatic carbocycles. The summed E-state index contributed by atoms with van der Waals surface area (Å²) in [5, 5.41) is 12.0. The second kappa shape index (κ2) is 10.3. The highest BCUT2D eigenvalue weighted by atomic mass is 35.5. The lowest BCUT2D eigenvalue weighted by Crippen LogP contribution is -2.30. The predicted molar refractivity (Wildman–Crippen MR) is 124 cm³/mol. The van der Waals surface area contributed by atoms with Crippen molar-refractivity contribution in [3.05, 3.63) is 65.2 Å². The van der Waals surface area contributed by atoms with E-state index in [1.807, 2.05) is 6.92 Å². The van der Waals surface area contributed by atoms with Crippen LogP contribution in [0.25, 0.3) is 0 Å². The van der Waals surface area contributed by atoms with E-state index in [9.17, 15) is 17.6 Å². The number of aromatic nitrogens is 3. The van der Waals surface area contributed by atoms with Crippen molar-refractivity contribution in [1.29, 1.82) is 0 Å². The molecule has 12 heteroatoms. The number of nitrogens with zero attached hydrogens (tertiary/aromatic N) is 4. The monoisotopic (exact) mass is 497 g/mol. The van der Waals surface area contributed by atoms with Gasteiger partial charge in [0.1, 0.15) is 5.82 Å². The molecule has 8 nitrogen and oxygen atoms in total. The maximum atomic E-state index is 13.3. The standard InChI is InChI=1S/C20H21ClFN5O3S2/c1-3-26-18(12-27(32(2,29)30)17-9-7-15(22)8-10-17)24-25-20(26)31-13-19(28)23-16-6-4-5-14(21)11-16/h4-11H,3,12-13H2,1-2H3,(H,23,28). The summed E-state index contributed by atoms with van der Waals surface area (Å²) in [5.74, 6) is -0.222. The lowest BCUT2D eigenvalue weighted by atomic mass is 10.3. The average molecular weight is 498 g/mol. The van der Waals surface area contributed by atoms with Gasteiger partial charge in [-0.2, -0.15) is 0 Å². The van der Waals surface area contributed by atoms with Gasteiger partial charge in [-0.1, -0.05) is 29.4 Å². The maximum Gasteiger partial charge on any atom is 0.234 e. The molecule has 0 aliphatic heterocycles. The second-order valence-corrected chi connectivity index (χ2v) is 10.0. The minimum Gasteiger partial charge on any atom is -0.325 e. The first-order valence-corrected chi connectivity index (χ1v) is 12.7. The number of carbonyl (C=O) groups is 1. The first-order valence-electron chi connectivity index (χ1n) is 9.51. The third kappa shape index (κ3) is 6.21. The number of halogens is 2. The van der Waals surface area contributed by atoms with E-state index in [-0.39, 0.29) is 18.2 Å². The summed E-state index contributed by atoms with van der Waals surface area (Å²) in [7, 11) is -3.66. The summed E-state index contributed by atoms with van der Waals surface area (Å²) in [6, 6.07) is 12.0. The second-order valence-electron chi connectivity index (χ2n) is 6.74. The van der Waals surface area contributed by atoms with Crippen molar-refractivity contribution in [1.82, 2.24) is 14.8 Å².